The van der Waals surface area contributed by atoms with Gasteiger partial charge >= 0.3 is 0 Å². The normalized spacial score (nSPS) is 11.9. The van der Waals surface area contributed by atoms with E-state index in [1.807, 2.05) is 38.1 Å². The van der Waals surface area contributed by atoms with Crippen LogP contribution in [-0.4, -0.2) is 5.91 Å². The van der Waals surface area contributed by atoms with Gasteiger partial charge in [-0.15, -0.1) is 0 Å². The molecule has 0 saturated carbocycles. The molecule has 0 aliphatic rings. The van der Waals surface area contributed by atoms with E-state index in [2.05, 4.69) is 5.32 Å². The fraction of sp³-hybridized carbons (Fsp3) is 0.188. The number of nitrogen functional groups attached to an aromatic ring is 1. The number of rotatable bonds is 3. The largest absolute Gasteiger partial charge is 0.397 e. The molecule has 0 aliphatic heterocycles. The molecule has 1 atom stereocenters. The van der Waals surface area contributed by atoms with Crippen molar-refractivity contribution in [3.8, 4) is 0 Å². The highest BCUT2D eigenvalue weighted by Gasteiger charge is 2.15. The Morgan fingerprint density at radius 1 is 1.20 bits per heavy atom. The molecule has 1 amide bonds. The first-order chi connectivity index (χ1) is 9.50. The van der Waals surface area contributed by atoms with Gasteiger partial charge in [0, 0.05) is 0 Å². The molecule has 0 saturated heterocycles. The Balaban J connectivity index is 2.20. The zero-order valence-electron chi connectivity index (χ0n) is 11.5. The fourth-order valence-corrected chi connectivity index (χ4v) is 2.33. The average Bonchev–Trinajstić information content (AvgIpc) is 2.42. The smallest absolute Gasteiger partial charge is 0.253 e. The lowest BCUT2D eigenvalue weighted by atomic mass is 10.0. The van der Waals surface area contributed by atoms with Crippen molar-refractivity contribution in [2.75, 3.05) is 5.73 Å². The number of amides is 1. The third-order valence-electron chi connectivity index (χ3n) is 3.30. The van der Waals surface area contributed by atoms with Gasteiger partial charge < -0.3 is 11.1 Å². The van der Waals surface area contributed by atoms with Gasteiger partial charge in [-0.3, -0.25) is 4.79 Å². The Morgan fingerprint density at radius 3 is 2.60 bits per heavy atom. The molecule has 0 heterocycles. The molecule has 2 aromatic rings. The van der Waals surface area contributed by atoms with Crippen LogP contribution in [0.1, 0.15) is 34.5 Å². The minimum Gasteiger partial charge on any atom is -0.397 e. The van der Waals surface area contributed by atoms with E-state index in [9.17, 15) is 4.79 Å². The van der Waals surface area contributed by atoms with E-state index in [1.54, 1.807) is 18.2 Å². The molecule has 104 valence electrons. The van der Waals surface area contributed by atoms with Crippen molar-refractivity contribution in [2.24, 2.45) is 0 Å². The van der Waals surface area contributed by atoms with Crippen LogP contribution in [0.3, 0.4) is 0 Å². The van der Waals surface area contributed by atoms with Gasteiger partial charge in [-0.25, -0.2) is 0 Å². The molecule has 20 heavy (non-hydrogen) atoms. The number of hydrogen-bond acceptors (Lipinski definition) is 2. The highest BCUT2D eigenvalue weighted by atomic mass is 35.5. The van der Waals surface area contributed by atoms with E-state index in [1.165, 1.54) is 0 Å². The van der Waals surface area contributed by atoms with E-state index >= 15 is 0 Å². The number of para-hydroxylation sites is 1. The molecule has 2 rings (SSSR count). The average molecular weight is 289 g/mol. The molecule has 1 unspecified atom stereocenters. The lowest BCUT2D eigenvalue weighted by Crippen LogP contribution is -2.27. The van der Waals surface area contributed by atoms with Crippen molar-refractivity contribution in [1.82, 2.24) is 5.32 Å². The quantitative estimate of drug-likeness (QED) is 0.846. The van der Waals surface area contributed by atoms with Crippen LogP contribution in [-0.2, 0) is 0 Å². The highest BCUT2D eigenvalue weighted by Crippen LogP contribution is 2.23. The maximum Gasteiger partial charge on any atom is 0.253 e. The predicted octanol–water partition coefficient (Wildman–Crippen LogP) is 3.72. The summed E-state index contributed by atoms with van der Waals surface area (Å²) in [5, 5.41) is 3.33. The minimum atomic E-state index is -0.222. The van der Waals surface area contributed by atoms with Crippen LogP contribution in [0, 0.1) is 6.92 Å². The van der Waals surface area contributed by atoms with E-state index < -0.39 is 0 Å². The molecule has 0 spiro atoms. The Bertz CT molecular complexity index is 640. The summed E-state index contributed by atoms with van der Waals surface area (Å²) in [7, 11) is 0. The zero-order chi connectivity index (χ0) is 14.7. The molecule has 2 aromatic carbocycles. The number of nitrogens with one attached hydrogen (secondary N) is 1. The monoisotopic (exact) mass is 288 g/mol. The van der Waals surface area contributed by atoms with Gasteiger partial charge in [-0.2, -0.15) is 0 Å². The van der Waals surface area contributed by atoms with Crippen LogP contribution in [0.15, 0.2) is 42.5 Å². The summed E-state index contributed by atoms with van der Waals surface area (Å²) in [5.41, 5.74) is 8.77. The van der Waals surface area contributed by atoms with Gasteiger partial charge in [0.2, 0.25) is 0 Å². The predicted molar refractivity (Wildman–Crippen MR) is 82.9 cm³/mol. The number of carbonyl (C=O) groups excluding carboxylic acids is 1. The number of carbonyl (C=O) groups is 1. The highest BCUT2D eigenvalue weighted by molar-refractivity contribution is 6.33. The Labute approximate surface area is 123 Å². The third kappa shape index (κ3) is 2.94. The van der Waals surface area contributed by atoms with Gasteiger partial charge in [-0.1, -0.05) is 41.9 Å². The SMILES string of the molecule is Cc1ccccc1C(C)NC(=O)c1cccc(Cl)c1N. The maximum absolute atomic E-state index is 12.3. The van der Waals surface area contributed by atoms with Gasteiger partial charge in [0.25, 0.3) is 5.91 Å². The second-order valence-corrected chi connectivity index (χ2v) is 5.16. The van der Waals surface area contributed by atoms with E-state index in [4.69, 9.17) is 17.3 Å². The van der Waals surface area contributed by atoms with E-state index in [0.29, 0.717) is 16.3 Å². The van der Waals surface area contributed by atoms with Gasteiger partial charge in [0.1, 0.15) is 0 Å². The van der Waals surface area contributed by atoms with Crippen molar-refractivity contribution >= 4 is 23.2 Å². The number of nitrogens with two attached hydrogens (primary N) is 1. The lowest BCUT2D eigenvalue weighted by Gasteiger charge is -2.17. The van der Waals surface area contributed by atoms with Crippen LogP contribution in [0.4, 0.5) is 5.69 Å². The summed E-state index contributed by atoms with van der Waals surface area (Å²) in [6.07, 6.45) is 0. The first-order valence-corrected chi connectivity index (χ1v) is 6.79. The second kappa shape index (κ2) is 5.97. The standard InChI is InChI=1S/C16H17ClN2O/c1-10-6-3-4-7-12(10)11(2)19-16(20)13-8-5-9-14(17)15(13)18/h3-9,11H,18H2,1-2H3,(H,19,20). The summed E-state index contributed by atoms with van der Waals surface area (Å²) < 4.78 is 0. The molecule has 3 nitrogen and oxygen atoms in total. The number of hydrogen-bond donors (Lipinski definition) is 2. The summed E-state index contributed by atoms with van der Waals surface area (Å²) in [6.45, 7) is 3.96. The fourth-order valence-electron chi connectivity index (χ4n) is 2.16. The van der Waals surface area contributed by atoms with Crippen LogP contribution >= 0.6 is 11.6 Å². The van der Waals surface area contributed by atoms with Gasteiger partial charge in [0.05, 0.1) is 22.3 Å². The first-order valence-electron chi connectivity index (χ1n) is 6.41. The van der Waals surface area contributed by atoms with Crippen molar-refractivity contribution in [3.05, 3.63) is 64.2 Å². The van der Waals surface area contributed by atoms with Crippen LogP contribution in [0.2, 0.25) is 5.02 Å². The molecular weight excluding hydrogens is 272 g/mol. The molecule has 0 fully saturated rings. The molecule has 4 heteroatoms. The Morgan fingerprint density at radius 2 is 1.90 bits per heavy atom. The molecule has 0 aliphatic carbocycles. The molecule has 0 bridgehead atoms. The van der Waals surface area contributed by atoms with Crippen molar-refractivity contribution < 1.29 is 4.79 Å². The summed E-state index contributed by atoms with van der Waals surface area (Å²) in [4.78, 5) is 12.3. The van der Waals surface area contributed by atoms with Gasteiger partial charge in [-0.05, 0) is 37.1 Å². The van der Waals surface area contributed by atoms with E-state index in [-0.39, 0.29) is 11.9 Å². The van der Waals surface area contributed by atoms with Crippen LogP contribution in [0.5, 0.6) is 0 Å². The topological polar surface area (TPSA) is 55.1 Å². The first kappa shape index (κ1) is 14.4. The number of anilines is 1. The number of aryl methyl sites for hydroxylation is 1. The summed E-state index contributed by atoms with van der Waals surface area (Å²) in [6, 6.07) is 12.9. The number of benzene rings is 2. The van der Waals surface area contributed by atoms with Crippen molar-refractivity contribution in [3.63, 3.8) is 0 Å². The summed E-state index contributed by atoms with van der Waals surface area (Å²) in [5.74, 6) is -0.222. The molecule has 0 aromatic heterocycles. The molecular formula is C16H17ClN2O. The molecule has 3 N–H and O–H groups in total. The summed E-state index contributed by atoms with van der Waals surface area (Å²) >= 11 is 5.93. The van der Waals surface area contributed by atoms with Crippen LogP contribution < -0.4 is 11.1 Å². The Hall–Kier alpha value is -2.00. The minimum absolute atomic E-state index is 0.0953. The zero-order valence-corrected chi connectivity index (χ0v) is 12.2. The van der Waals surface area contributed by atoms with Gasteiger partial charge in [0.15, 0.2) is 0 Å². The van der Waals surface area contributed by atoms with Crippen molar-refractivity contribution in [1.29, 1.82) is 0 Å². The lowest BCUT2D eigenvalue weighted by molar-refractivity contribution is 0.0940. The van der Waals surface area contributed by atoms with Crippen LogP contribution in [0.25, 0.3) is 0 Å². The number of halogens is 1. The third-order valence-corrected chi connectivity index (χ3v) is 3.63. The second-order valence-electron chi connectivity index (χ2n) is 4.75. The van der Waals surface area contributed by atoms with Crippen molar-refractivity contribution in [2.45, 2.75) is 19.9 Å². The molecule has 0 radical (unpaired) electrons. The Kier molecular flexibility index (Phi) is 4.30. The van der Waals surface area contributed by atoms with E-state index in [0.717, 1.165) is 11.1 Å². The maximum atomic E-state index is 12.3.